The minimum Gasteiger partial charge on any atom is -0.494 e. The summed E-state index contributed by atoms with van der Waals surface area (Å²) in [6.07, 6.45) is 4.89. The number of benzene rings is 1. The highest BCUT2D eigenvalue weighted by molar-refractivity contribution is 6.02. The zero-order chi connectivity index (χ0) is 28.4. The van der Waals surface area contributed by atoms with Crippen LogP contribution in [0, 0.1) is 11.8 Å². The fourth-order valence-electron chi connectivity index (χ4n) is 6.86. The van der Waals surface area contributed by atoms with E-state index in [-0.39, 0.29) is 24.3 Å². The number of rotatable bonds is 12. The molecule has 3 amide bonds. The largest absolute Gasteiger partial charge is 0.494 e. The maximum Gasteiger partial charge on any atom is 0.246 e. The molecule has 1 spiro atoms. The first-order valence-electron chi connectivity index (χ1n) is 14.5. The zero-order valence-corrected chi connectivity index (χ0v) is 24.0. The zero-order valence-electron chi connectivity index (χ0n) is 24.0. The van der Waals surface area contributed by atoms with Crippen LogP contribution in [0.25, 0.3) is 0 Å². The second-order valence-corrected chi connectivity index (χ2v) is 12.2. The molecule has 3 N–H and O–H groups in total. The minimum absolute atomic E-state index is 0.141. The Bertz CT molecular complexity index is 1050. The molecule has 3 aliphatic rings. The average molecular weight is 544 g/mol. The number of likely N-dealkylation sites (tertiary alicyclic amines) is 1. The maximum absolute atomic E-state index is 14.1. The Labute approximate surface area is 232 Å². The highest BCUT2D eigenvalue weighted by Gasteiger charge is 2.78. The number of anilines is 1. The predicted molar refractivity (Wildman–Crippen MR) is 148 cm³/mol. The molecule has 216 valence electrons. The van der Waals surface area contributed by atoms with E-state index < -0.39 is 34.6 Å². The van der Waals surface area contributed by atoms with Crippen molar-refractivity contribution >= 4 is 23.4 Å². The Balaban J connectivity index is 1.64. The average Bonchev–Trinajstić information content (AvgIpc) is 3.48. The molecule has 1 aromatic carbocycles. The molecule has 0 saturated carbocycles. The van der Waals surface area contributed by atoms with Gasteiger partial charge in [-0.3, -0.25) is 14.4 Å². The second-order valence-electron chi connectivity index (χ2n) is 12.2. The molecule has 9 nitrogen and oxygen atoms in total. The summed E-state index contributed by atoms with van der Waals surface area (Å²) in [6, 6.07) is 6.41. The third kappa shape index (κ3) is 5.53. The SMILES string of the molecule is CCOc1ccc(NC(=O)[C@@H]2[C@H]3C(=O)N(CCCCCCO)C(C(=O)NC(C)(C)C)C34CC[C@@]2(CC)O4)cc1. The third-order valence-electron chi connectivity index (χ3n) is 8.45. The first-order valence-corrected chi connectivity index (χ1v) is 14.5. The van der Waals surface area contributed by atoms with Crippen molar-refractivity contribution < 1.29 is 29.0 Å². The number of ether oxygens (including phenoxy) is 2. The summed E-state index contributed by atoms with van der Waals surface area (Å²) in [6.45, 7) is 10.8. The summed E-state index contributed by atoms with van der Waals surface area (Å²) in [4.78, 5) is 43.5. The summed E-state index contributed by atoms with van der Waals surface area (Å²) in [5.41, 5.74) is -1.68. The molecule has 2 bridgehead atoms. The summed E-state index contributed by atoms with van der Waals surface area (Å²) < 4.78 is 12.3. The van der Waals surface area contributed by atoms with Crippen LogP contribution in [0.15, 0.2) is 24.3 Å². The van der Waals surface area contributed by atoms with Gasteiger partial charge in [-0.05, 0) is 84.1 Å². The molecule has 2 unspecified atom stereocenters. The molecular weight excluding hydrogens is 498 g/mol. The molecule has 0 aromatic heterocycles. The molecule has 3 aliphatic heterocycles. The minimum atomic E-state index is -1.03. The van der Waals surface area contributed by atoms with Gasteiger partial charge in [0.1, 0.15) is 17.4 Å². The van der Waals surface area contributed by atoms with Gasteiger partial charge in [-0.25, -0.2) is 0 Å². The van der Waals surface area contributed by atoms with Crippen molar-refractivity contribution in [1.29, 1.82) is 0 Å². The topological polar surface area (TPSA) is 117 Å². The van der Waals surface area contributed by atoms with E-state index in [0.29, 0.717) is 44.5 Å². The number of hydrogen-bond donors (Lipinski definition) is 3. The van der Waals surface area contributed by atoms with Gasteiger partial charge in [0.15, 0.2) is 0 Å². The predicted octanol–water partition coefficient (Wildman–Crippen LogP) is 3.65. The second kappa shape index (κ2) is 11.5. The first-order chi connectivity index (χ1) is 18.5. The number of unbranched alkanes of at least 4 members (excludes halogenated alkanes) is 3. The maximum atomic E-state index is 14.1. The van der Waals surface area contributed by atoms with Gasteiger partial charge >= 0.3 is 0 Å². The normalized spacial score (nSPS) is 29.4. The van der Waals surface area contributed by atoms with Crippen LogP contribution in [0.3, 0.4) is 0 Å². The van der Waals surface area contributed by atoms with E-state index in [4.69, 9.17) is 14.6 Å². The van der Waals surface area contributed by atoms with E-state index in [1.54, 1.807) is 29.2 Å². The van der Waals surface area contributed by atoms with Gasteiger partial charge in [0.2, 0.25) is 17.7 Å². The molecule has 5 atom stereocenters. The van der Waals surface area contributed by atoms with Crippen LogP contribution in [0.4, 0.5) is 5.69 Å². The lowest BCUT2D eigenvalue weighted by atomic mass is 9.65. The van der Waals surface area contributed by atoms with E-state index in [9.17, 15) is 14.4 Å². The van der Waals surface area contributed by atoms with Crippen molar-refractivity contribution in [3.05, 3.63) is 24.3 Å². The number of hydrogen-bond acceptors (Lipinski definition) is 6. The van der Waals surface area contributed by atoms with Gasteiger partial charge in [0.05, 0.1) is 24.0 Å². The van der Waals surface area contributed by atoms with Gasteiger partial charge in [-0.2, -0.15) is 0 Å². The van der Waals surface area contributed by atoms with Crippen molar-refractivity contribution in [1.82, 2.24) is 10.2 Å². The summed E-state index contributed by atoms with van der Waals surface area (Å²) in [7, 11) is 0. The standard InChI is InChI=1S/C30H45N3O6/c1-6-29-16-17-30(39-29)23(22(29)25(35)31-20-12-14-21(15-13-20)38-7-2)27(37)33(18-10-8-9-11-19-34)24(30)26(36)32-28(3,4)5/h12-15,22-24,34H,6-11,16-19H2,1-5H3,(H,31,35)(H,32,36)/t22-,23-,24?,29+,30?/m0/s1. The van der Waals surface area contributed by atoms with Crippen LogP contribution in [0.1, 0.15) is 79.6 Å². The lowest BCUT2D eigenvalue weighted by molar-refractivity contribution is -0.147. The summed E-state index contributed by atoms with van der Waals surface area (Å²) in [5, 5.41) is 15.2. The molecule has 3 saturated heterocycles. The Hall–Kier alpha value is -2.65. The lowest BCUT2D eigenvalue weighted by Gasteiger charge is -2.35. The number of nitrogens with one attached hydrogen (secondary N) is 2. The molecule has 0 radical (unpaired) electrons. The van der Waals surface area contributed by atoms with Crippen molar-refractivity contribution in [2.24, 2.45) is 11.8 Å². The summed E-state index contributed by atoms with van der Waals surface area (Å²) in [5.74, 6) is -1.35. The van der Waals surface area contributed by atoms with Gasteiger partial charge in [0.25, 0.3) is 0 Å². The van der Waals surface area contributed by atoms with Gasteiger partial charge in [-0.1, -0.05) is 19.8 Å². The number of carbonyl (C=O) groups excluding carboxylic acids is 3. The van der Waals surface area contributed by atoms with Crippen molar-refractivity contribution in [3.8, 4) is 5.75 Å². The highest BCUT2D eigenvalue weighted by atomic mass is 16.5. The van der Waals surface area contributed by atoms with Crippen LogP contribution in [0.2, 0.25) is 0 Å². The smallest absolute Gasteiger partial charge is 0.246 e. The first kappa shape index (κ1) is 29.3. The van der Waals surface area contributed by atoms with Crippen molar-refractivity contribution in [2.45, 2.75) is 102 Å². The van der Waals surface area contributed by atoms with Gasteiger partial charge in [-0.15, -0.1) is 0 Å². The van der Waals surface area contributed by atoms with Gasteiger partial charge < -0.3 is 30.1 Å². The van der Waals surface area contributed by atoms with E-state index in [1.807, 2.05) is 34.6 Å². The van der Waals surface area contributed by atoms with Crippen molar-refractivity contribution in [3.63, 3.8) is 0 Å². The number of carbonyl (C=O) groups is 3. The fraction of sp³-hybridized carbons (Fsp3) is 0.700. The van der Waals surface area contributed by atoms with Crippen LogP contribution >= 0.6 is 0 Å². The Kier molecular flexibility index (Phi) is 8.61. The van der Waals surface area contributed by atoms with Crippen LogP contribution < -0.4 is 15.4 Å². The van der Waals surface area contributed by atoms with Crippen LogP contribution in [-0.2, 0) is 19.1 Å². The number of aliphatic hydroxyl groups excluding tert-OH is 1. The molecule has 4 rings (SSSR count). The van der Waals surface area contributed by atoms with Crippen LogP contribution in [-0.4, -0.2) is 70.3 Å². The quantitative estimate of drug-likeness (QED) is 0.347. The Morgan fingerprint density at radius 1 is 1.08 bits per heavy atom. The third-order valence-corrected chi connectivity index (χ3v) is 8.45. The van der Waals surface area contributed by atoms with Crippen LogP contribution in [0.5, 0.6) is 5.75 Å². The van der Waals surface area contributed by atoms with E-state index in [1.165, 1.54) is 0 Å². The Morgan fingerprint density at radius 3 is 2.38 bits per heavy atom. The fourth-order valence-corrected chi connectivity index (χ4v) is 6.86. The monoisotopic (exact) mass is 543 g/mol. The molecule has 0 aliphatic carbocycles. The van der Waals surface area contributed by atoms with E-state index in [0.717, 1.165) is 25.0 Å². The molecule has 3 fully saturated rings. The highest BCUT2D eigenvalue weighted by Crippen LogP contribution is 2.64. The molecule has 39 heavy (non-hydrogen) atoms. The van der Waals surface area contributed by atoms with E-state index in [2.05, 4.69) is 10.6 Å². The lowest BCUT2D eigenvalue weighted by Crippen LogP contribution is -2.58. The van der Waals surface area contributed by atoms with Gasteiger partial charge in [0, 0.05) is 24.4 Å². The molecule has 3 heterocycles. The Morgan fingerprint density at radius 2 is 1.77 bits per heavy atom. The molecule has 9 heteroatoms. The van der Waals surface area contributed by atoms with Crippen molar-refractivity contribution in [2.75, 3.05) is 25.1 Å². The van der Waals surface area contributed by atoms with E-state index >= 15 is 0 Å². The molecule has 1 aromatic rings. The number of aliphatic hydroxyl groups is 1. The summed E-state index contributed by atoms with van der Waals surface area (Å²) >= 11 is 0. The number of amides is 3. The number of fused-ring (bicyclic) bond motifs is 1. The molecular formula is C30H45N3O6. The number of nitrogens with zero attached hydrogens (tertiary/aromatic N) is 1.